The van der Waals surface area contributed by atoms with Gasteiger partial charge in [0, 0.05) is 12.3 Å². The van der Waals surface area contributed by atoms with Gasteiger partial charge in [-0.1, -0.05) is 11.6 Å². The van der Waals surface area contributed by atoms with Gasteiger partial charge in [-0.05, 0) is 6.07 Å². The van der Waals surface area contributed by atoms with Gasteiger partial charge in [-0.3, -0.25) is 4.79 Å². The van der Waals surface area contributed by atoms with Crippen molar-refractivity contribution in [3.8, 4) is 5.82 Å². The van der Waals surface area contributed by atoms with Crippen molar-refractivity contribution in [2.45, 2.75) is 12.4 Å². The van der Waals surface area contributed by atoms with Crippen LogP contribution in [0.2, 0.25) is 5.02 Å². The quantitative estimate of drug-likeness (QED) is 0.796. The molecular formula is C11H4ClF6N3O2. The Hall–Kier alpha value is -2.30. The van der Waals surface area contributed by atoms with Crippen LogP contribution >= 0.6 is 11.6 Å². The Bertz CT molecular complexity index is 837. The van der Waals surface area contributed by atoms with Crippen LogP contribution in [0.1, 0.15) is 11.3 Å². The van der Waals surface area contributed by atoms with Gasteiger partial charge < -0.3 is 4.98 Å². The van der Waals surface area contributed by atoms with Gasteiger partial charge in [-0.15, -0.1) is 0 Å². The van der Waals surface area contributed by atoms with Crippen molar-refractivity contribution in [2.24, 2.45) is 0 Å². The lowest BCUT2D eigenvalue weighted by Crippen LogP contribution is -2.36. The van der Waals surface area contributed by atoms with E-state index in [0.29, 0.717) is 12.3 Å². The molecule has 0 atom stereocenters. The van der Waals surface area contributed by atoms with E-state index >= 15 is 0 Å². The van der Waals surface area contributed by atoms with E-state index in [1.807, 2.05) is 0 Å². The van der Waals surface area contributed by atoms with Crippen molar-refractivity contribution in [3.05, 3.63) is 55.4 Å². The molecule has 23 heavy (non-hydrogen) atoms. The van der Waals surface area contributed by atoms with Crippen molar-refractivity contribution < 1.29 is 26.3 Å². The third kappa shape index (κ3) is 3.38. The molecule has 5 nitrogen and oxygen atoms in total. The minimum atomic E-state index is -4.98. The first-order chi connectivity index (χ1) is 10.4. The fourth-order valence-corrected chi connectivity index (χ4v) is 1.85. The smallest absolute Gasteiger partial charge is 0.303 e. The number of rotatable bonds is 1. The number of pyridine rings is 1. The Balaban J connectivity index is 2.65. The van der Waals surface area contributed by atoms with E-state index in [4.69, 9.17) is 11.6 Å². The maximum Gasteiger partial charge on any atom is 0.431 e. The highest BCUT2D eigenvalue weighted by Gasteiger charge is 2.34. The molecule has 0 saturated carbocycles. The molecule has 2 heterocycles. The van der Waals surface area contributed by atoms with Gasteiger partial charge in [0.1, 0.15) is 5.69 Å². The topological polar surface area (TPSA) is 67.8 Å². The number of aromatic amines is 1. The summed E-state index contributed by atoms with van der Waals surface area (Å²) >= 11 is 5.55. The highest BCUT2D eigenvalue weighted by molar-refractivity contribution is 6.32. The van der Waals surface area contributed by atoms with E-state index in [0.717, 1.165) is 0 Å². The summed E-state index contributed by atoms with van der Waals surface area (Å²) in [5, 5.41) is -0.729. The zero-order chi connectivity index (χ0) is 17.6. The lowest BCUT2D eigenvalue weighted by atomic mass is 10.2. The maximum atomic E-state index is 12.5. The minimum Gasteiger partial charge on any atom is -0.303 e. The summed E-state index contributed by atoms with van der Waals surface area (Å²) in [5.41, 5.74) is -5.84. The summed E-state index contributed by atoms with van der Waals surface area (Å²) < 4.78 is 74.9. The molecule has 2 aromatic heterocycles. The normalized spacial score (nSPS) is 12.5. The van der Waals surface area contributed by atoms with Gasteiger partial charge in [0.15, 0.2) is 5.82 Å². The average molecular weight is 360 g/mol. The van der Waals surface area contributed by atoms with Crippen LogP contribution in [-0.2, 0) is 12.4 Å². The van der Waals surface area contributed by atoms with Crippen molar-refractivity contribution in [3.63, 3.8) is 0 Å². The molecule has 0 aromatic carbocycles. The number of halogens is 7. The second kappa shape index (κ2) is 5.41. The SMILES string of the molecule is O=c1cc(C(F)(F)F)[nH]c(=O)n1-c1ncc(C(F)(F)F)cc1Cl. The Kier molecular flexibility index (Phi) is 4.01. The van der Waals surface area contributed by atoms with Crippen LogP contribution in [0.5, 0.6) is 0 Å². The zero-order valence-electron chi connectivity index (χ0n) is 10.6. The molecule has 0 radical (unpaired) electrons. The molecular weight excluding hydrogens is 356 g/mol. The van der Waals surface area contributed by atoms with Crippen molar-refractivity contribution >= 4 is 11.6 Å². The molecule has 0 aliphatic carbocycles. The molecule has 0 amide bonds. The number of nitrogens with zero attached hydrogens (tertiary/aromatic N) is 2. The van der Waals surface area contributed by atoms with Crippen molar-refractivity contribution in [1.82, 2.24) is 14.5 Å². The van der Waals surface area contributed by atoms with Crippen LogP contribution in [-0.4, -0.2) is 14.5 Å². The number of aromatic nitrogens is 3. The summed E-state index contributed by atoms with van der Waals surface area (Å²) in [5.74, 6) is -0.723. The summed E-state index contributed by atoms with van der Waals surface area (Å²) in [7, 11) is 0. The third-order valence-electron chi connectivity index (χ3n) is 2.60. The summed E-state index contributed by atoms with van der Waals surface area (Å²) in [6.07, 6.45) is -9.45. The van der Waals surface area contributed by atoms with Crippen molar-refractivity contribution in [2.75, 3.05) is 0 Å². The fourth-order valence-electron chi connectivity index (χ4n) is 1.60. The van der Waals surface area contributed by atoms with Gasteiger partial charge >= 0.3 is 18.0 Å². The van der Waals surface area contributed by atoms with Gasteiger partial charge in [0.05, 0.1) is 10.6 Å². The average Bonchev–Trinajstić information content (AvgIpc) is 2.37. The molecule has 0 unspecified atom stereocenters. The fraction of sp³-hybridized carbons (Fsp3) is 0.182. The molecule has 12 heteroatoms. The van der Waals surface area contributed by atoms with Crippen LogP contribution in [0.3, 0.4) is 0 Å². The summed E-state index contributed by atoms with van der Waals surface area (Å²) in [6.45, 7) is 0. The van der Waals surface area contributed by atoms with Crippen molar-refractivity contribution in [1.29, 1.82) is 0 Å². The second-order valence-corrected chi connectivity index (χ2v) is 4.59. The van der Waals surface area contributed by atoms with E-state index in [1.165, 1.54) is 4.98 Å². The van der Waals surface area contributed by atoms with Crippen LogP contribution in [0, 0.1) is 0 Å². The highest BCUT2D eigenvalue weighted by Crippen LogP contribution is 2.31. The van der Waals surface area contributed by atoms with E-state index in [-0.39, 0.29) is 10.6 Å². The monoisotopic (exact) mass is 359 g/mol. The molecule has 0 spiro atoms. The molecule has 0 aliphatic rings. The third-order valence-corrected chi connectivity index (χ3v) is 2.88. The number of hydrogen-bond acceptors (Lipinski definition) is 3. The van der Waals surface area contributed by atoms with E-state index < -0.39 is 45.7 Å². The van der Waals surface area contributed by atoms with Gasteiger partial charge in [-0.25, -0.2) is 14.3 Å². The Morgan fingerprint density at radius 1 is 1.04 bits per heavy atom. The molecule has 2 rings (SSSR count). The molecule has 0 aliphatic heterocycles. The Labute approximate surface area is 127 Å². The van der Waals surface area contributed by atoms with Gasteiger partial charge in [0.2, 0.25) is 0 Å². The largest absolute Gasteiger partial charge is 0.431 e. The van der Waals surface area contributed by atoms with E-state index in [9.17, 15) is 35.9 Å². The second-order valence-electron chi connectivity index (χ2n) is 4.19. The number of H-pyrrole nitrogens is 1. The van der Waals surface area contributed by atoms with E-state index in [2.05, 4.69) is 4.98 Å². The standard InChI is InChI=1S/C11H4ClF6N3O2/c12-5-1-4(10(13,14)15)3-19-8(5)21-7(22)2-6(11(16,17)18)20-9(21)23/h1-3H,(H,20,23). The number of alkyl halides is 6. The van der Waals surface area contributed by atoms with E-state index in [1.54, 1.807) is 0 Å². The molecule has 1 N–H and O–H groups in total. The predicted molar refractivity (Wildman–Crippen MR) is 65.5 cm³/mol. The summed E-state index contributed by atoms with van der Waals surface area (Å²) in [4.78, 5) is 27.9. The minimum absolute atomic E-state index is 0.0665. The number of nitrogens with one attached hydrogen (secondary N) is 1. The Morgan fingerprint density at radius 3 is 2.09 bits per heavy atom. The first kappa shape index (κ1) is 17.1. The molecule has 2 aromatic rings. The zero-order valence-corrected chi connectivity index (χ0v) is 11.3. The van der Waals surface area contributed by atoms with Gasteiger partial charge in [-0.2, -0.15) is 26.3 Å². The van der Waals surface area contributed by atoms with Crippen LogP contribution < -0.4 is 11.2 Å². The first-order valence-corrected chi connectivity index (χ1v) is 5.96. The number of hydrogen-bond donors (Lipinski definition) is 1. The van der Waals surface area contributed by atoms with Crippen LogP contribution in [0.25, 0.3) is 5.82 Å². The lowest BCUT2D eigenvalue weighted by molar-refractivity contribution is -0.141. The molecule has 0 bridgehead atoms. The maximum absolute atomic E-state index is 12.5. The molecule has 0 fully saturated rings. The van der Waals surface area contributed by atoms with Gasteiger partial charge in [0.25, 0.3) is 5.56 Å². The first-order valence-electron chi connectivity index (χ1n) is 5.58. The Morgan fingerprint density at radius 2 is 1.65 bits per heavy atom. The highest BCUT2D eigenvalue weighted by atomic mass is 35.5. The lowest BCUT2D eigenvalue weighted by Gasteiger charge is -2.11. The van der Waals surface area contributed by atoms with Crippen LogP contribution in [0.4, 0.5) is 26.3 Å². The summed E-state index contributed by atoms with van der Waals surface area (Å²) in [6, 6.07) is 0.463. The molecule has 0 saturated heterocycles. The van der Waals surface area contributed by atoms with Crippen LogP contribution in [0.15, 0.2) is 27.9 Å². The predicted octanol–water partition coefficient (Wildman–Crippen LogP) is 2.61. The molecule has 124 valence electrons.